The largest absolute Gasteiger partial charge is 0.377 e. The summed E-state index contributed by atoms with van der Waals surface area (Å²) >= 11 is 1.40. The van der Waals surface area contributed by atoms with Crippen LogP contribution in [0.3, 0.4) is 0 Å². The molecule has 0 bridgehead atoms. The summed E-state index contributed by atoms with van der Waals surface area (Å²) in [6, 6.07) is 2.01. The Kier molecular flexibility index (Phi) is 3.60. The molecule has 0 radical (unpaired) electrons. The Hall–Kier alpha value is -2.28. The van der Waals surface area contributed by atoms with Gasteiger partial charge in [0.2, 0.25) is 0 Å². The molecule has 4 rings (SSSR count). The molecule has 0 saturated heterocycles. The molecule has 0 spiro atoms. The Morgan fingerprint density at radius 3 is 2.67 bits per heavy atom. The molecule has 0 atom stereocenters. The summed E-state index contributed by atoms with van der Waals surface area (Å²) in [7, 11) is 3.94. The quantitative estimate of drug-likeness (QED) is 0.716. The Balaban J connectivity index is 1.91. The van der Waals surface area contributed by atoms with Crippen molar-refractivity contribution in [2.45, 2.75) is 31.7 Å². The number of ketones is 1. The van der Waals surface area contributed by atoms with Crippen LogP contribution in [0.4, 0.5) is 5.69 Å². The maximum absolute atomic E-state index is 13.0. The van der Waals surface area contributed by atoms with Gasteiger partial charge in [0.1, 0.15) is 15.3 Å². The van der Waals surface area contributed by atoms with Gasteiger partial charge in [0.15, 0.2) is 0 Å². The zero-order chi connectivity index (χ0) is 16.8. The van der Waals surface area contributed by atoms with Gasteiger partial charge in [-0.3, -0.25) is 14.2 Å². The average molecular weight is 342 g/mol. The summed E-state index contributed by atoms with van der Waals surface area (Å²) in [5.74, 6) is 0.287. The summed E-state index contributed by atoms with van der Waals surface area (Å²) in [5.41, 5.74) is 1.71. The van der Waals surface area contributed by atoms with Crippen LogP contribution in [-0.4, -0.2) is 34.4 Å². The van der Waals surface area contributed by atoms with Crippen molar-refractivity contribution in [3.05, 3.63) is 28.9 Å². The van der Waals surface area contributed by atoms with Crippen molar-refractivity contribution in [1.29, 1.82) is 0 Å². The predicted octanol–water partition coefficient (Wildman–Crippen LogP) is 2.76. The van der Waals surface area contributed by atoms with Gasteiger partial charge >= 0.3 is 0 Å². The third-order valence-corrected chi connectivity index (χ3v) is 5.75. The smallest absolute Gasteiger partial charge is 0.271 e. The molecule has 0 N–H and O–H groups in total. The Labute approximate surface area is 142 Å². The normalized spacial score (nSPS) is 16.2. The van der Waals surface area contributed by atoms with Gasteiger partial charge in [-0.05, 0) is 18.9 Å². The van der Waals surface area contributed by atoms with Crippen molar-refractivity contribution in [1.82, 2.24) is 14.5 Å². The van der Waals surface area contributed by atoms with Crippen molar-refractivity contribution in [3.63, 3.8) is 0 Å². The molecule has 0 aliphatic heterocycles. The summed E-state index contributed by atoms with van der Waals surface area (Å²) in [4.78, 5) is 36.3. The molecule has 0 aromatic carbocycles. The number of fused-ring (bicyclic) bond motifs is 3. The number of anilines is 1. The van der Waals surface area contributed by atoms with E-state index < -0.39 is 0 Å². The maximum atomic E-state index is 13.0. The molecule has 1 fully saturated rings. The van der Waals surface area contributed by atoms with E-state index in [1.165, 1.54) is 11.3 Å². The number of Topliss-reactive ketones (excluding diaryl/α,β-unsaturated/α-hetero) is 1. The summed E-state index contributed by atoms with van der Waals surface area (Å²) in [5, 5.41) is 0.936. The highest BCUT2D eigenvalue weighted by Crippen LogP contribution is 2.35. The number of thiophene rings is 1. The van der Waals surface area contributed by atoms with E-state index in [-0.39, 0.29) is 17.4 Å². The lowest BCUT2D eigenvalue weighted by molar-refractivity contribution is -0.120. The highest BCUT2D eigenvalue weighted by Gasteiger charge is 2.23. The van der Waals surface area contributed by atoms with E-state index in [0.717, 1.165) is 34.3 Å². The van der Waals surface area contributed by atoms with E-state index in [1.54, 1.807) is 17.1 Å². The highest BCUT2D eigenvalue weighted by molar-refractivity contribution is 7.25. The van der Waals surface area contributed by atoms with Gasteiger partial charge in [-0.2, -0.15) is 0 Å². The van der Waals surface area contributed by atoms with E-state index in [0.29, 0.717) is 17.5 Å². The molecular formula is C17H18N4O2S. The van der Waals surface area contributed by atoms with Crippen molar-refractivity contribution < 1.29 is 4.79 Å². The number of hydrogen-bond acceptors (Lipinski definition) is 6. The molecule has 3 aromatic rings. The van der Waals surface area contributed by atoms with Gasteiger partial charge in [0.05, 0.1) is 22.9 Å². The van der Waals surface area contributed by atoms with Crippen LogP contribution in [0.2, 0.25) is 0 Å². The average Bonchev–Trinajstić information content (AvgIpc) is 2.96. The molecule has 124 valence electrons. The van der Waals surface area contributed by atoms with E-state index in [4.69, 9.17) is 0 Å². The van der Waals surface area contributed by atoms with Crippen molar-refractivity contribution in [2.24, 2.45) is 0 Å². The summed E-state index contributed by atoms with van der Waals surface area (Å²) in [6.07, 6.45) is 5.94. The van der Waals surface area contributed by atoms with Crippen LogP contribution in [0, 0.1) is 0 Å². The molecule has 3 heterocycles. The SMILES string of the molecule is CN(C)c1ccnc2sc3c(=O)n(C4CCC(=O)CC4)cnc3c12. The van der Waals surface area contributed by atoms with E-state index >= 15 is 0 Å². The van der Waals surface area contributed by atoms with Gasteiger partial charge in [-0.15, -0.1) is 11.3 Å². The minimum absolute atomic E-state index is 0.0212. The molecule has 0 amide bonds. The molecule has 6 nitrogen and oxygen atoms in total. The second-order valence-electron chi connectivity index (χ2n) is 6.41. The maximum Gasteiger partial charge on any atom is 0.271 e. The fraction of sp³-hybridized carbons (Fsp3) is 0.412. The number of nitrogens with zero attached hydrogens (tertiary/aromatic N) is 4. The van der Waals surface area contributed by atoms with Crippen molar-refractivity contribution in [3.8, 4) is 0 Å². The predicted molar refractivity (Wildman–Crippen MR) is 96.0 cm³/mol. The van der Waals surface area contributed by atoms with E-state index in [2.05, 4.69) is 9.97 Å². The third-order valence-electron chi connectivity index (χ3n) is 4.67. The first kappa shape index (κ1) is 15.3. The zero-order valence-electron chi connectivity index (χ0n) is 13.7. The lowest BCUT2D eigenvalue weighted by Crippen LogP contribution is -2.27. The molecule has 1 aliphatic carbocycles. The molecule has 24 heavy (non-hydrogen) atoms. The number of hydrogen-bond donors (Lipinski definition) is 0. The van der Waals surface area contributed by atoms with Crippen LogP contribution in [0.1, 0.15) is 31.7 Å². The highest BCUT2D eigenvalue weighted by atomic mass is 32.1. The number of carbonyl (C=O) groups is 1. The monoisotopic (exact) mass is 342 g/mol. The van der Waals surface area contributed by atoms with Crippen molar-refractivity contribution in [2.75, 3.05) is 19.0 Å². The van der Waals surface area contributed by atoms with E-state index in [9.17, 15) is 9.59 Å². The third kappa shape index (κ3) is 2.31. The first-order valence-corrected chi connectivity index (χ1v) is 8.85. The molecular weight excluding hydrogens is 324 g/mol. The molecule has 7 heteroatoms. The Morgan fingerprint density at radius 1 is 1.21 bits per heavy atom. The van der Waals surface area contributed by atoms with Crippen LogP contribution in [-0.2, 0) is 4.79 Å². The number of pyridine rings is 1. The van der Waals surface area contributed by atoms with Crippen LogP contribution < -0.4 is 10.5 Å². The number of rotatable bonds is 2. The van der Waals surface area contributed by atoms with Gasteiger partial charge in [0, 0.05) is 39.2 Å². The minimum Gasteiger partial charge on any atom is -0.377 e. The van der Waals surface area contributed by atoms with Gasteiger partial charge in [0.25, 0.3) is 5.56 Å². The second kappa shape index (κ2) is 5.66. The zero-order valence-corrected chi connectivity index (χ0v) is 14.5. The van der Waals surface area contributed by atoms with E-state index in [1.807, 2.05) is 25.1 Å². The standard InChI is InChI=1S/C17H18N4O2S/c1-20(2)12-7-8-18-16-13(12)14-15(24-16)17(23)21(9-19-14)10-3-5-11(22)6-4-10/h7-10H,3-6H2,1-2H3. The molecule has 1 saturated carbocycles. The molecule has 0 unspecified atom stereocenters. The summed E-state index contributed by atoms with van der Waals surface area (Å²) < 4.78 is 2.35. The first-order chi connectivity index (χ1) is 11.6. The number of aromatic nitrogens is 3. The fourth-order valence-electron chi connectivity index (χ4n) is 3.38. The molecule has 3 aromatic heterocycles. The Bertz CT molecular complexity index is 995. The lowest BCUT2D eigenvalue weighted by Gasteiger charge is -2.22. The second-order valence-corrected chi connectivity index (χ2v) is 7.41. The van der Waals surface area contributed by atoms with Crippen LogP contribution >= 0.6 is 11.3 Å². The van der Waals surface area contributed by atoms with Crippen LogP contribution in [0.25, 0.3) is 20.4 Å². The van der Waals surface area contributed by atoms with Gasteiger partial charge < -0.3 is 4.90 Å². The van der Waals surface area contributed by atoms with Crippen LogP contribution in [0.15, 0.2) is 23.4 Å². The van der Waals surface area contributed by atoms with Gasteiger partial charge in [-0.25, -0.2) is 9.97 Å². The fourth-order valence-corrected chi connectivity index (χ4v) is 4.44. The van der Waals surface area contributed by atoms with Crippen LogP contribution in [0.5, 0.6) is 0 Å². The lowest BCUT2D eigenvalue weighted by atomic mass is 9.94. The topological polar surface area (TPSA) is 68.1 Å². The summed E-state index contributed by atoms with van der Waals surface area (Å²) in [6.45, 7) is 0. The minimum atomic E-state index is -0.0212. The van der Waals surface area contributed by atoms with Crippen molar-refractivity contribution >= 4 is 43.2 Å². The Morgan fingerprint density at radius 2 is 1.96 bits per heavy atom. The number of carbonyl (C=O) groups excluding carboxylic acids is 1. The van der Waals surface area contributed by atoms with Gasteiger partial charge in [-0.1, -0.05) is 0 Å². The molecule has 1 aliphatic rings. The first-order valence-electron chi connectivity index (χ1n) is 8.03.